The van der Waals surface area contributed by atoms with E-state index in [9.17, 15) is 0 Å². The Morgan fingerprint density at radius 2 is 2.15 bits per heavy atom. The molecule has 0 unspecified atom stereocenters. The highest BCUT2D eigenvalue weighted by Crippen LogP contribution is 2.16. The zero-order valence-corrected chi connectivity index (χ0v) is 16.5. The minimum absolute atomic E-state index is 0. The van der Waals surface area contributed by atoms with Gasteiger partial charge in [-0.15, -0.1) is 35.3 Å². The number of hydrogen-bond acceptors (Lipinski definition) is 3. The van der Waals surface area contributed by atoms with Crippen molar-refractivity contribution < 1.29 is 0 Å². The maximum Gasteiger partial charge on any atom is 0.191 e. The van der Waals surface area contributed by atoms with Crippen molar-refractivity contribution in [2.24, 2.45) is 4.99 Å². The van der Waals surface area contributed by atoms with Crippen molar-refractivity contribution in [3.05, 3.63) is 21.9 Å². The van der Waals surface area contributed by atoms with Crippen LogP contribution in [0.1, 0.15) is 30.2 Å². The van der Waals surface area contributed by atoms with E-state index in [0.717, 1.165) is 25.6 Å². The fraction of sp³-hybridized carbons (Fsp3) is 0.643. The van der Waals surface area contributed by atoms with Gasteiger partial charge in [0.05, 0.1) is 6.54 Å². The van der Waals surface area contributed by atoms with E-state index in [0.29, 0.717) is 0 Å². The number of aliphatic imine (C=N–C) groups is 1. The number of guanidine groups is 1. The molecule has 3 nitrogen and oxygen atoms in total. The Kier molecular flexibility index (Phi) is 12.8. The first-order valence-electron chi connectivity index (χ1n) is 6.82. The van der Waals surface area contributed by atoms with Crippen molar-refractivity contribution in [2.45, 2.75) is 33.2 Å². The molecule has 6 heteroatoms. The van der Waals surface area contributed by atoms with Crippen LogP contribution in [0.25, 0.3) is 0 Å². The molecule has 20 heavy (non-hydrogen) atoms. The number of unbranched alkanes of at least 4 members (excludes halogenated alkanes) is 1. The summed E-state index contributed by atoms with van der Waals surface area (Å²) in [6.07, 6.45) is 4.61. The molecule has 0 fully saturated rings. The predicted molar refractivity (Wildman–Crippen MR) is 105 cm³/mol. The first kappa shape index (κ1) is 20.1. The quantitative estimate of drug-likeness (QED) is 0.286. The van der Waals surface area contributed by atoms with Gasteiger partial charge in [0.25, 0.3) is 0 Å². The lowest BCUT2D eigenvalue weighted by Crippen LogP contribution is -2.37. The summed E-state index contributed by atoms with van der Waals surface area (Å²) in [5.74, 6) is 2.17. The fourth-order valence-corrected chi connectivity index (χ4v) is 2.96. The fourth-order valence-electron chi connectivity index (χ4n) is 1.64. The largest absolute Gasteiger partial charge is 0.357 e. The maximum absolute atomic E-state index is 4.63. The number of rotatable bonds is 8. The molecule has 0 saturated carbocycles. The molecule has 1 rings (SSSR count). The molecule has 1 heterocycles. The molecule has 0 atom stereocenters. The van der Waals surface area contributed by atoms with Crippen LogP contribution in [0.5, 0.6) is 0 Å². The standard InChI is InChI=1S/C14H25N3S2.HI/c1-4-15-14(16-8-5-6-9-18-3)17-11-13-12(2)7-10-19-13;/h7,10H,4-6,8-9,11H2,1-3H3,(H2,15,16,17);1H. The van der Waals surface area contributed by atoms with E-state index in [1.807, 2.05) is 11.8 Å². The highest BCUT2D eigenvalue weighted by Gasteiger charge is 2.00. The third-order valence-corrected chi connectivity index (χ3v) is 4.47. The minimum Gasteiger partial charge on any atom is -0.357 e. The number of nitrogens with one attached hydrogen (secondary N) is 2. The van der Waals surface area contributed by atoms with E-state index in [1.165, 1.54) is 29.0 Å². The SMILES string of the molecule is CCNC(=NCc1sccc1C)NCCCCSC.I. The monoisotopic (exact) mass is 427 g/mol. The molecular formula is C14H26IN3S2. The summed E-state index contributed by atoms with van der Waals surface area (Å²) in [6, 6.07) is 2.15. The van der Waals surface area contributed by atoms with Gasteiger partial charge in [0.2, 0.25) is 0 Å². The lowest BCUT2D eigenvalue weighted by atomic mass is 10.3. The molecule has 0 bridgehead atoms. The zero-order chi connectivity index (χ0) is 13.9. The lowest BCUT2D eigenvalue weighted by molar-refractivity contribution is 0.734. The van der Waals surface area contributed by atoms with Gasteiger partial charge < -0.3 is 10.6 Å². The third-order valence-electron chi connectivity index (χ3n) is 2.76. The van der Waals surface area contributed by atoms with Crippen LogP contribution in [0.3, 0.4) is 0 Å². The molecule has 0 spiro atoms. The summed E-state index contributed by atoms with van der Waals surface area (Å²) < 4.78 is 0. The Hall–Kier alpha value is 0.0500. The number of aryl methyl sites for hydroxylation is 1. The molecule has 116 valence electrons. The smallest absolute Gasteiger partial charge is 0.191 e. The van der Waals surface area contributed by atoms with Gasteiger partial charge in [0.15, 0.2) is 5.96 Å². The Morgan fingerprint density at radius 3 is 2.75 bits per heavy atom. The van der Waals surface area contributed by atoms with Crippen molar-refractivity contribution in [1.82, 2.24) is 10.6 Å². The average molecular weight is 427 g/mol. The van der Waals surface area contributed by atoms with Crippen LogP contribution < -0.4 is 10.6 Å². The van der Waals surface area contributed by atoms with E-state index >= 15 is 0 Å². The van der Waals surface area contributed by atoms with E-state index in [2.05, 4.69) is 47.2 Å². The summed E-state index contributed by atoms with van der Waals surface area (Å²) in [6.45, 7) is 6.91. The van der Waals surface area contributed by atoms with Crippen LogP contribution in [-0.2, 0) is 6.54 Å². The molecular weight excluding hydrogens is 401 g/mol. The van der Waals surface area contributed by atoms with Crippen molar-refractivity contribution in [1.29, 1.82) is 0 Å². The Morgan fingerprint density at radius 1 is 1.35 bits per heavy atom. The van der Waals surface area contributed by atoms with Gasteiger partial charge >= 0.3 is 0 Å². The van der Waals surface area contributed by atoms with Gasteiger partial charge in [-0.05, 0) is 55.7 Å². The van der Waals surface area contributed by atoms with Crippen molar-refractivity contribution in [3.8, 4) is 0 Å². The van der Waals surface area contributed by atoms with Gasteiger partial charge in [-0.1, -0.05) is 0 Å². The van der Waals surface area contributed by atoms with Crippen LogP contribution in [0, 0.1) is 6.92 Å². The van der Waals surface area contributed by atoms with Gasteiger partial charge in [-0.2, -0.15) is 11.8 Å². The molecule has 1 aromatic rings. The first-order chi connectivity index (χ1) is 9.27. The number of thioether (sulfide) groups is 1. The van der Waals surface area contributed by atoms with Crippen LogP contribution in [0.15, 0.2) is 16.4 Å². The second-order valence-corrected chi connectivity index (χ2v) is 6.33. The normalized spacial score (nSPS) is 11.1. The highest BCUT2D eigenvalue weighted by molar-refractivity contribution is 14.0. The minimum atomic E-state index is 0. The Labute approximate surface area is 148 Å². The third kappa shape index (κ3) is 8.36. The van der Waals surface area contributed by atoms with E-state index in [1.54, 1.807) is 11.3 Å². The van der Waals surface area contributed by atoms with E-state index in [4.69, 9.17) is 0 Å². The van der Waals surface area contributed by atoms with Crippen LogP contribution in [0.4, 0.5) is 0 Å². The second kappa shape index (κ2) is 12.8. The predicted octanol–water partition coefficient (Wildman–Crippen LogP) is 3.87. The molecule has 1 aromatic heterocycles. The topological polar surface area (TPSA) is 36.4 Å². The van der Waals surface area contributed by atoms with Crippen LogP contribution in [-0.4, -0.2) is 31.1 Å². The maximum atomic E-state index is 4.63. The molecule has 0 saturated heterocycles. The Balaban J connectivity index is 0.00000361. The Bertz CT molecular complexity index is 380. The van der Waals surface area contributed by atoms with Crippen LogP contribution in [0.2, 0.25) is 0 Å². The van der Waals surface area contributed by atoms with Gasteiger partial charge in [0, 0.05) is 18.0 Å². The van der Waals surface area contributed by atoms with Gasteiger partial charge in [-0.25, -0.2) is 4.99 Å². The molecule has 0 aliphatic heterocycles. The summed E-state index contributed by atoms with van der Waals surface area (Å²) in [5, 5.41) is 8.82. The second-order valence-electron chi connectivity index (χ2n) is 4.35. The summed E-state index contributed by atoms with van der Waals surface area (Å²) in [5.41, 5.74) is 1.34. The van der Waals surface area contributed by atoms with E-state index < -0.39 is 0 Å². The van der Waals surface area contributed by atoms with Crippen molar-refractivity contribution in [3.63, 3.8) is 0 Å². The summed E-state index contributed by atoms with van der Waals surface area (Å²) in [4.78, 5) is 5.98. The molecule has 0 aromatic carbocycles. The molecule has 0 radical (unpaired) electrons. The number of halogens is 1. The van der Waals surface area contributed by atoms with E-state index in [-0.39, 0.29) is 24.0 Å². The first-order valence-corrected chi connectivity index (χ1v) is 9.09. The number of nitrogens with zero attached hydrogens (tertiary/aromatic N) is 1. The highest BCUT2D eigenvalue weighted by atomic mass is 127. The molecule has 2 N–H and O–H groups in total. The summed E-state index contributed by atoms with van der Waals surface area (Å²) in [7, 11) is 0. The van der Waals surface area contributed by atoms with Gasteiger partial charge in [0.1, 0.15) is 0 Å². The van der Waals surface area contributed by atoms with Crippen molar-refractivity contribution >= 4 is 53.0 Å². The number of thiophene rings is 1. The molecule has 0 aliphatic rings. The summed E-state index contributed by atoms with van der Waals surface area (Å²) >= 11 is 3.69. The van der Waals surface area contributed by atoms with Crippen molar-refractivity contribution in [2.75, 3.05) is 25.1 Å². The average Bonchev–Trinajstić information content (AvgIpc) is 2.81. The number of hydrogen-bond donors (Lipinski definition) is 2. The molecule has 0 aliphatic carbocycles. The zero-order valence-electron chi connectivity index (χ0n) is 12.6. The van der Waals surface area contributed by atoms with Crippen LogP contribution >= 0.6 is 47.1 Å². The van der Waals surface area contributed by atoms with Gasteiger partial charge in [-0.3, -0.25) is 0 Å². The lowest BCUT2D eigenvalue weighted by Gasteiger charge is -2.10. The molecule has 0 amide bonds.